The van der Waals surface area contributed by atoms with Gasteiger partial charge in [-0.05, 0) is 104 Å². The van der Waals surface area contributed by atoms with Gasteiger partial charge in [-0.3, -0.25) is 0 Å². The number of benzene rings is 12. The highest BCUT2D eigenvalue weighted by Gasteiger charge is 2.25. The summed E-state index contributed by atoms with van der Waals surface area (Å²) in [6.07, 6.45) is 0. The van der Waals surface area contributed by atoms with Gasteiger partial charge in [-0.15, -0.1) is 22.7 Å². The molecule has 0 aliphatic carbocycles. The summed E-state index contributed by atoms with van der Waals surface area (Å²) in [7, 11) is 0. The zero-order valence-electron chi connectivity index (χ0n) is 40.3. The molecule has 2 heterocycles. The van der Waals surface area contributed by atoms with Gasteiger partial charge in [0.2, 0.25) is 0 Å². The third kappa shape index (κ3) is 7.54. The Morgan fingerprint density at radius 1 is 0.216 bits per heavy atom. The van der Waals surface area contributed by atoms with Gasteiger partial charge in [-0.2, -0.15) is 0 Å². The van der Waals surface area contributed by atoms with Gasteiger partial charge in [0.15, 0.2) is 0 Å². The summed E-state index contributed by atoms with van der Waals surface area (Å²) in [5.41, 5.74) is 14.2. The second-order valence-electron chi connectivity index (χ2n) is 18.8. The van der Waals surface area contributed by atoms with E-state index in [1.54, 1.807) is 0 Å². The molecule has 14 rings (SSSR count). The van der Waals surface area contributed by atoms with Crippen LogP contribution >= 0.6 is 22.7 Å². The van der Waals surface area contributed by atoms with E-state index >= 15 is 0 Å². The highest BCUT2D eigenvalue weighted by molar-refractivity contribution is 7.23. The number of nitrogens with zero attached hydrogens (tertiary/aromatic N) is 2. The van der Waals surface area contributed by atoms with Crippen LogP contribution in [0, 0.1) is 0 Å². The van der Waals surface area contributed by atoms with Crippen LogP contribution in [-0.4, -0.2) is 0 Å². The molecule has 0 saturated carbocycles. The van der Waals surface area contributed by atoms with E-state index in [1.165, 1.54) is 95.6 Å². The Bertz CT molecular complexity index is 4060. The molecule has 0 aliphatic rings. The molecule has 0 radical (unpaired) electrons. The van der Waals surface area contributed by atoms with Gasteiger partial charge in [0.1, 0.15) is 0 Å². The summed E-state index contributed by atoms with van der Waals surface area (Å²) in [5, 5.41) is 9.68. The van der Waals surface area contributed by atoms with Crippen molar-refractivity contribution in [1.82, 2.24) is 0 Å². The van der Waals surface area contributed by atoms with Crippen molar-refractivity contribution >= 4 is 109 Å². The largest absolute Gasteiger partial charge is 0.310 e. The normalized spacial score (nSPS) is 11.5. The minimum Gasteiger partial charge on any atom is -0.310 e. The number of hydrogen-bond donors (Lipinski definition) is 0. The molecule has 348 valence electrons. The fourth-order valence-corrected chi connectivity index (χ4v) is 13.6. The van der Waals surface area contributed by atoms with Crippen molar-refractivity contribution in [3.63, 3.8) is 0 Å². The van der Waals surface area contributed by atoms with Crippen molar-refractivity contribution in [3.8, 4) is 43.1 Å². The topological polar surface area (TPSA) is 6.48 Å². The van der Waals surface area contributed by atoms with Crippen molar-refractivity contribution in [3.05, 3.63) is 279 Å². The average Bonchev–Trinajstić information content (AvgIpc) is 4.06. The summed E-state index contributed by atoms with van der Waals surface area (Å²) in [4.78, 5) is 7.49. The van der Waals surface area contributed by atoms with Crippen LogP contribution in [0.25, 0.3) is 95.6 Å². The van der Waals surface area contributed by atoms with Gasteiger partial charge in [-0.1, -0.05) is 218 Å². The molecule has 0 N–H and O–H groups in total. The molecule has 74 heavy (non-hydrogen) atoms. The maximum absolute atomic E-state index is 2.47. The average molecular weight is 979 g/mol. The van der Waals surface area contributed by atoms with Gasteiger partial charge >= 0.3 is 0 Å². The third-order valence-corrected chi connectivity index (χ3v) is 16.8. The Morgan fingerprint density at radius 3 is 0.892 bits per heavy atom. The van der Waals surface area contributed by atoms with Crippen molar-refractivity contribution in [2.45, 2.75) is 0 Å². The third-order valence-electron chi connectivity index (χ3n) is 14.4. The first-order valence-electron chi connectivity index (χ1n) is 25.2. The predicted molar refractivity (Wildman–Crippen MR) is 321 cm³/mol. The fourth-order valence-electron chi connectivity index (χ4n) is 11.1. The number of hydrogen-bond acceptors (Lipinski definition) is 4. The summed E-state index contributed by atoms with van der Waals surface area (Å²) >= 11 is 3.74. The van der Waals surface area contributed by atoms with E-state index < -0.39 is 0 Å². The van der Waals surface area contributed by atoms with E-state index in [-0.39, 0.29) is 0 Å². The molecule has 0 saturated heterocycles. The van der Waals surface area contributed by atoms with Crippen molar-refractivity contribution < 1.29 is 0 Å². The summed E-state index contributed by atoms with van der Waals surface area (Å²) in [6, 6.07) is 102. The zero-order valence-corrected chi connectivity index (χ0v) is 41.9. The summed E-state index contributed by atoms with van der Waals surface area (Å²) in [6.45, 7) is 0. The lowest BCUT2D eigenvalue weighted by atomic mass is 9.93. The second-order valence-corrected chi connectivity index (χ2v) is 20.9. The van der Waals surface area contributed by atoms with Crippen LogP contribution in [0.15, 0.2) is 279 Å². The lowest BCUT2D eigenvalue weighted by molar-refractivity contribution is 1.30. The Labute approximate surface area is 438 Å². The molecule has 0 amide bonds. The van der Waals surface area contributed by atoms with Gasteiger partial charge in [0, 0.05) is 74.6 Å². The van der Waals surface area contributed by atoms with E-state index in [0.717, 1.165) is 34.1 Å². The number of thiophene rings is 2. The maximum atomic E-state index is 2.47. The monoisotopic (exact) mass is 978 g/mol. The van der Waals surface area contributed by atoms with Crippen molar-refractivity contribution in [2.24, 2.45) is 0 Å². The Morgan fingerprint density at radius 2 is 0.527 bits per heavy atom. The van der Waals surface area contributed by atoms with E-state index in [4.69, 9.17) is 0 Å². The van der Waals surface area contributed by atoms with Crippen molar-refractivity contribution in [1.29, 1.82) is 0 Å². The molecule has 0 spiro atoms. The van der Waals surface area contributed by atoms with Crippen LogP contribution in [0.3, 0.4) is 0 Å². The minimum atomic E-state index is 1.10. The van der Waals surface area contributed by atoms with Gasteiger partial charge in [0.05, 0.1) is 11.4 Å². The van der Waals surface area contributed by atoms with Crippen LogP contribution in [-0.2, 0) is 0 Å². The zero-order chi connectivity index (χ0) is 49.0. The fraction of sp³-hybridized carbons (Fsp3) is 0. The molecular weight excluding hydrogens is 933 g/mol. The number of anilines is 6. The SMILES string of the molecule is c1ccc(-c2sc3cc(N(c4ccccc4)c4cc5c6ccccc6c(N(c6ccccc6)c6ccc7c(-c8ccccc8)c(-c8ccccc8)sc7c6)cc5c5ccccc45)ccc3c2-c2ccccc2)cc1. The van der Waals surface area contributed by atoms with E-state index in [0.29, 0.717) is 0 Å². The number of rotatable bonds is 10. The molecule has 0 aliphatic heterocycles. The molecule has 0 atom stereocenters. The van der Waals surface area contributed by atoms with Gasteiger partial charge < -0.3 is 9.80 Å². The van der Waals surface area contributed by atoms with Crippen LogP contribution in [0.5, 0.6) is 0 Å². The molecule has 12 aromatic carbocycles. The molecule has 4 heteroatoms. The van der Waals surface area contributed by atoms with E-state index in [1.807, 2.05) is 22.7 Å². The first kappa shape index (κ1) is 43.7. The molecule has 0 fully saturated rings. The Hall–Kier alpha value is -9.06. The lowest BCUT2D eigenvalue weighted by Gasteiger charge is -2.30. The molecule has 0 unspecified atom stereocenters. The number of fused-ring (bicyclic) bond motifs is 7. The summed E-state index contributed by atoms with van der Waals surface area (Å²) in [5.74, 6) is 0. The molecule has 2 nitrogen and oxygen atoms in total. The molecule has 0 bridgehead atoms. The first-order chi connectivity index (χ1) is 36.7. The first-order valence-corrected chi connectivity index (χ1v) is 26.8. The van der Waals surface area contributed by atoms with Crippen LogP contribution < -0.4 is 9.80 Å². The lowest BCUT2D eigenvalue weighted by Crippen LogP contribution is -2.11. The quantitative estimate of drug-likeness (QED) is 0.126. The molecule has 14 aromatic rings. The highest BCUT2D eigenvalue weighted by Crippen LogP contribution is 2.52. The standard InChI is InChI=1S/C70H46N2S2/c1-7-23-47(24-8-1)67-59-41-39-53(43-65(59)73-69(67)49-27-11-3-12-28-49)71(51-31-15-5-16-32-51)63-45-61-56-36-20-22-38-58(56)64(46-62(61)55-35-19-21-37-57(55)63)72(52-33-17-6-18-34-52)54-40-42-60-66(44-54)74-70(50-29-13-4-14-30-50)68(60)48-25-9-2-10-26-48/h1-46H. The van der Waals surface area contributed by atoms with E-state index in [9.17, 15) is 0 Å². The molecule has 2 aromatic heterocycles. The van der Waals surface area contributed by atoms with E-state index in [2.05, 4.69) is 289 Å². The second kappa shape index (κ2) is 18.5. The van der Waals surface area contributed by atoms with Crippen molar-refractivity contribution in [2.75, 3.05) is 9.80 Å². The maximum Gasteiger partial charge on any atom is 0.0546 e. The highest BCUT2D eigenvalue weighted by atomic mass is 32.1. The predicted octanol–water partition coefficient (Wildman–Crippen LogP) is 21.2. The Balaban J connectivity index is 0.983. The number of para-hydroxylation sites is 2. The minimum absolute atomic E-state index is 1.10. The van der Waals surface area contributed by atoms with Crippen LogP contribution in [0.4, 0.5) is 34.1 Å². The molecular formula is C70H46N2S2. The van der Waals surface area contributed by atoms with Crippen LogP contribution in [0.1, 0.15) is 0 Å². The van der Waals surface area contributed by atoms with Gasteiger partial charge in [-0.25, -0.2) is 0 Å². The van der Waals surface area contributed by atoms with Crippen LogP contribution in [0.2, 0.25) is 0 Å². The smallest absolute Gasteiger partial charge is 0.0546 e. The Kier molecular flexibility index (Phi) is 10.9. The summed E-state index contributed by atoms with van der Waals surface area (Å²) < 4.78 is 2.49. The van der Waals surface area contributed by atoms with Gasteiger partial charge in [0.25, 0.3) is 0 Å².